The van der Waals surface area contributed by atoms with Gasteiger partial charge in [0, 0.05) is 5.92 Å². The van der Waals surface area contributed by atoms with Crippen LogP contribution in [0.5, 0.6) is 0 Å². The van der Waals surface area contributed by atoms with Gasteiger partial charge in [0.2, 0.25) is 5.91 Å². The number of rotatable bonds is 5. The van der Waals surface area contributed by atoms with Crippen LogP contribution < -0.4 is 5.32 Å². The third-order valence-corrected chi connectivity index (χ3v) is 2.76. The van der Waals surface area contributed by atoms with E-state index < -0.39 is 0 Å². The van der Waals surface area contributed by atoms with E-state index in [1.165, 1.54) is 0 Å². The number of hydrogen-bond acceptors (Lipinski definition) is 1. The molecule has 17 heavy (non-hydrogen) atoms. The molecule has 1 rings (SSSR count). The quantitative estimate of drug-likeness (QED) is 0.772. The molecule has 0 saturated heterocycles. The zero-order valence-corrected chi connectivity index (χ0v) is 10.9. The van der Waals surface area contributed by atoms with E-state index in [9.17, 15) is 4.79 Å². The number of nitrogens with one attached hydrogen (secondary N) is 1. The molecule has 0 aromatic heterocycles. The van der Waals surface area contributed by atoms with Crippen LogP contribution in [0.3, 0.4) is 0 Å². The SMILES string of the molecule is C=C(C)C[C@H](C)C(=O)N[C@@H](C)c1ccccc1. The van der Waals surface area contributed by atoms with E-state index in [1.54, 1.807) is 0 Å². The number of carbonyl (C=O) groups is 1. The Hall–Kier alpha value is -1.57. The highest BCUT2D eigenvalue weighted by atomic mass is 16.1. The minimum Gasteiger partial charge on any atom is -0.349 e. The maximum atomic E-state index is 11.9. The minimum atomic E-state index is -0.0151. The number of hydrogen-bond donors (Lipinski definition) is 1. The van der Waals surface area contributed by atoms with Gasteiger partial charge in [-0.05, 0) is 25.8 Å². The molecule has 0 aliphatic rings. The van der Waals surface area contributed by atoms with Crippen LogP contribution in [0, 0.1) is 5.92 Å². The summed E-state index contributed by atoms with van der Waals surface area (Å²) in [6, 6.07) is 10.0. The van der Waals surface area contributed by atoms with Gasteiger partial charge in [0.05, 0.1) is 6.04 Å². The van der Waals surface area contributed by atoms with Gasteiger partial charge in [0.15, 0.2) is 0 Å². The van der Waals surface area contributed by atoms with Gasteiger partial charge >= 0.3 is 0 Å². The molecule has 1 amide bonds. The van der Waals surface area contributed by atoms with Gasteiger partial charge < -0.3 is 5.32 Å². The lowest BCUT2D eigenvalue weighted by atomic mass is 10.0. The number of allylic oxidation sites excluding steroid dienone is 1. The first-order valence-electron chi connectivity index (χ1n) is 6.00. The summed E-state index contributed by atoms with van der Waals surface area (Å²) in [4.78, 5) is 11.9. The standard InChI is InChI=1S/C15H21NO/c1-11(2)10-12(3)15(17)16-13(4)14-8-6-5-7-9-14/h5-9,12-13H,1,10H2,2-4H3,(H,16,17)/t12-,13-/m0/s1. The van der Waals surface area contributed by atoms with E-state index >= 15 is 0 Å². The molecular formula is C15H21NO. The van der Waals surface area contributed by atoms with Crippen molar-refractivity contribution in [3.63, 3.8) is 0 Å². The maximum absolute atomic E-state index is 11.9. The van der Waals surface area contributed by atoms with Crippen molar-refractivity contribution < 1.29 is 4.79 Å². The van der Waals surface area contributed by atoms with Gasteiger partial charge in [-0.3, -0.25) is 4.79 Å². The molecule has 2 atom stereocenters. The molecule has 0 saturated carbocycles. The van der Waals surface area contributed by atoms with E-state index in [1.807, 2.05) is 51.1 Å². The predicted molar refractivity (Wildman–Crippen MR) is 71.6 cm³/mol. The van der Waals surface area contributed by atoms with Gasteiger partial charge in [0.25, 0.3) is 0 Å². The highest BCUT2D eigenvalue weighted by molar-refractivity contribution is 5.79. The Morgan fingerprint density at radius 3 is 2.41 bits per heavy atom. The van der Waals surface area contributed by atoms with Crippen LogP contribution in [0.2, 0.25) is 0 Å². The van der Waals surface area contributed by atoms with E-state index in [0.717, 1.165) is 17.6 Å². The lowest BCUT2D eigenvalue weighted by Crippen LogP contribution is -2.31. The molecule has 0 bridgehead atoms. The van der Waals surface area contributed by atoms with Gasteiger partial charge in [-0.1, -0.05) is 42.8 Å². The summed E-state index contributed by atoms with van der Waals surface area (Å²) < 4.78 is 0. The van der Waals surface area contributed by atoms with Crippen molar-refractivity contribution in [1.82, 2.24) is 5.32 Å². The Bertz CT molecular complexity index is 383. The summed E-state index contributed by atoms with van der Waals surface area (Å²) >= 11 is 0. The molecule has 0 spiro atoms. The zero-order valence-electron chi connectivity index (χ0n) is 10.9. The summed E-state index contributed by atoms with van der Waals surface area (Å²) in [5, 5.41) is 3.02. The monoisotopic (exact) mass is 231 g/mol. The zero-order chi connectivity index (χ0) is 12.8. The third kappa shape index (κ3) is 4.43. The van der Waals surface area contributed by atoms with E-state index in [4.69, 9.17) is 0 Å². The molecular weight excluding hydrogens is 210 g/mol. The fraction of sp³-hybridized carbons (Fsp3) is 0.400. The summed E-state index contributed by atoms with van der Waals surface area (Å²) in [5.74, 6) is 0.0722. The molecule has 0 aliphatic heterocycles. The Balaban J connectivity index is 2.54. The van der Waals surface area contributed by atoms with Crippen LogP contribution >= 0.6 is 0 Å². The van der Waals surface area contributed by atoms with E-state index in [0.29, 0.717) is 0 Å². The molecule has 0 radical (unpaired) electrons. The molecule has 1 aromatic rings. The molecule has 2 heteroatoms. The average molecular weight is 231 g/mol. The molecule has 2 nitrogen and oxygen atoms in total. The van der Waals surface area contributed by atoms with E-state index in [-0.39, 0.29) is 17.9 Å². The largest absolute Gasteiger partial charge is 0.349 e. The van der Waals surface area contributed by atoms with Crippen LogP contribution in [0.4, 0.5) is 0 Å². The van der Waals surface area contributed by atoms with E-state index in [2.05, 4.69) is 11.9 Å². The number of carbonyl (C=O) groups excluding carboxylic acids is 1. The van der Waals surface area contributed by atoms with Crippen molar-refractivity contribution in [3.05, 3.63) is 48.0 Å². The van der Waals surface area contributed by atoms with Crippen molar-refractivity contribution in [1.29, 1.82) is 0 Å². The Labute approximate surface area is 104 Å². The molecule has 1 N–H and O–H groups in total. The summed E-state index contributed by atoms with van der Waals surface area (Å²) in [6.07, 6.45) is 0.743. The first kappa shape index (κ1) is 13.5. The fourth-order valence-corrected chi connectivity index (χ4v) is 1.80. The summed E-state index contributed by atoms with van der Waals surface area (Å²) in [6.45, 7) is 9.72. The first-order chi connectivity index (χ1) is 8.00. The van der Waals surface area contributed by atoms with Crippen LogP contribution in [0.15, 0.2) is 42.5 Å². The van der Waals surface area contributed by atoms with Crippen molar-refractivity contribution in [2.45, 2.75) is 33.2 Å². The van der Waals surface area contributed by atoms with Gasteiger partial charge in [-0.15, -0.1) is 6.58 Å². The predicted octanol–water partition coefficient (Wildman–Crippen LogP) is 3.47. The first-order valence-corrected chi connectivity index (χ1v) is 6.00. The Kier molecular flexibility index (Phi) is 4.95. The topological polar surface area (TPSA) is 29.1 Å². The lowest BCUT2D eigenvalue weighted by molar-refractivity contribution is -0.125. The van der Waals surface area contributed by atoms with Crippen LogP contribution in [0.25, 0.3) is 0 Å². The molecule has 0 heterocycles. The van der Waals surface area contributed by atoms with Crippen molar-refractivity contribution >= 4 is 5.91 Å². The normalized spacial score (nSPS) is 13.8. The molecule has 92 valence electrons. The second kappa shape index (κ2) is 6.24. The maximum Gasteiger partial charge on any atom is 0.223 e. The minimum absolute atomic E-state index is 0.0151. The average Bonchev–Trinajstić information content (AvgIpc) is 2.29. The second-order valence-electron chi connectivity index (χ2n) is 4.70. The third-order valence-electron chi connectivity index (χ3n) is 2.76. The van der Waals surface area contributed by atoms with Crippen molar-refractivity contribution in [2.24, 2.45) is 5.92 Å². The summed E-state index contributed by atoms with van der Waals surface area (Å²) in [5.41, 5.74) is 2.17. The smallest absolute Gasteiger partial charge is 0.223 e. The van der Waals surface area contributed by atoms with Gasteiger partial charge in [0.1, 0.15) is 0 Å². The highest BCUT2D eigenvalue weighted by Gasteiger charge is 2.15. The molecule has 0 fully saturated rings. The Morgan fingerprint density at radius 1 is 1.29 bits per heavy atom. The van der Waals surface area contributed by atoms with Crippen LogP contribution in [0.1, 0.15) is 38.8 Å². The van der Waals surface area contributed by atoms with Gasteiger partial charge in [-0.25, -0.2) is 0 Å². The number of benzene rings is 1. The fourth-order valence-electron chi connectivity index (χ4n) is 1.80. The molecule has 0 aliphatic carbocycles. The highest BCUT2D eigenvalue weighted by Crippen LogP contribution is 2.14. The molecule has 0 unspecified atom stereocenters. The Morgan fingerprint density at radius 2 is 1.88 bits per heavy atom. The summed E-state index contributed by atoms with van der Waals surface area (Å²) in [7, 11) is 0. The van der Waals surface area contributed by atoms with Crippen molar-refractivity contribution in [3.8, 4) is 0 Å². The second-order valence-corrected chi connectivity index (χ2v) is 4.70. The molecule has 1 aromatic carbocycles. The van der Waals surface area contributed by atoms with Crippen LogP contribution in [-0.4, -0.2) is 5.91 Å². The van der Waals surface area contributed by atoms with Crippen molar-refractivity contribution in [2.75, 3.05) is 0 Å². The lowest BCUT2D eigenvalue weighted by Gasteiger charge is -2.18. The van der Waals surface area contributed by atoms with Gasteiger partial charge in [-0.2, -0.15) is 0 Å². The number of amides is 1. The van der Waals surface area contributed by atoms with Crippen LogP contribution in [-0.2, 0) is 4.79 Å².